The predicted octanol–water partition coefficient (Wildman–Crippen LogP) is 3.53. The fraction of sp³-hybridized carbons (Fsp3) is 0.619. The van der Waals surface area contributed by atoms with E-state index in [1.54, 1.807) is 7.11 Å². The van der Waals surface area contributed by atoms with Crippen molar-refractivity contribution in [2.75, 3.05) is 33.4 Å². The number of nitrogens with zero attached hydrogens (tertiary/aromatic N) is 1. The second-order valence-corrected chi connectivity index (χ2v) is 8.31. The zero-order chi connectivity index (χ0) is 18.7. The normalized spacial score (nSPS) is 18.3. The van der Waals surface area contributed by atoms with Gasteiger partial charge < -0.3 is 24.5 Å². The predicted molar refractivity (Wildman–Crippen MR) is 105 cm³/mol. The number of nitrogens with one attached hydrogen (secondary N) is 1. The van der Waals surface area contributed by atoms with E-state index in [9.17, 15) is 5.11 Å². The molecule has 0 saturated carbocycles. The lowest BCUT2D eigenvalue weighted by molar-refractivity contribution is -0.0573. The summed E-state index contributed by atoms with van der Waals surface area (Å²) in [7, 11) is 1.71. The Hall–Kier alpha value is -1.56. The quantitative estimate of drug-likeness (QED) is 0.827. The van der Waals surface area contributed by atoms with Crippen LogP contribution in [0.25, 0.3) is 10.9 Å². The molecule has 1 atom stereocenters. The van der Waals surface area contributed by atoms with Crippen molar-refractivity contribution in [1.82, 2.24) is 9.88 Å². The second-order valence-electron chi connectivity index (χ2n) is 8.31. The Morgan fingerprint density at radius 1 is 1.27 bits per heavy atom. The van der Waals surface area contributed by atoms with Crippen LogP contribution in [0.1, 0.15) is 45.1 Å². The summed E-state index contributed by atoms with van der Waals surface area (Å²) in [5.74, 6) is 1.45. The van der Waals surface area contributed by atoms with E-state index in [2.05, 4.69) is 28.2 Å². The van der Waals surface area contributed by atoms with Gasteiger partial charge in [0.15, 0.2) is 0 Å². The molecule has 1 aliphatic heterocycles. The third-order valence-electron chi connectivity index (χ3n) is 5.13. The number of ether oxygens (including phenoxy) is 2. The van der Waals surface area contributed by atoms with Gasteiger partial charge >= 0.3 is 0 Å². The SMILES string of the molecule is COc1ccc2[nH]cc(C3CCN(C[C@@H](O)COC(C)(C)C)CC3)c2c1. The molecule has 1 saturated heterocycles. The highest BCUT2D eigenvalue weighted by molar-refractivity contribution is 5.85. The van der Waals surface area contributed by atoms with Crippen LogP contribution in [0.15, 0.2) is 24.4 Å². The van der Waals surface area contributed by atoms with E-state index in [1.165, 1.54) is 10.9 Å². The minimum Gasteiger partial charge on any atom is -0.497 e. The highest BCUT2D eigenvalue weighted by Gasteiger charge is 2.24. The number of aliphatic hydroxyl groups is 1. The lowest BCUT2D eigenvalue weighted by atomic mass is 9.89. The number of hydrogen-bond donors (Lipinski definition) is 2. The summed E-state index contributed by atoms with van der Waals surface area (Å²) in [6.45, 7) is 9.14. The number of hydrogen-bond acceptors (Lipinski definition) is 4. The fourth-order valence-electron chi connectivity index (χ4n) is 3.71. The molecule has 5 nitrogen and oxygen atoms in total. The molecule has 0 aliphatic carbocycles. The van der Waals surface area contributed by atoms with Gasteiger partial charge in [0.1, 0.15) is 5.75 Å². The average molecular weight is 360 g/mol. The van der Waals surface area contributed by atoms with Gasteiger partial charge in [0.25, 0.3) is 0 Å². The van der Waals surface area contributed by atoms with Crippen molar-refractivity contribution in [2.45, 2.75) is 51.2 Å². The molecular weight excluding hydrogens is 328 g/mol. The Bertz CT molecular complexity index is 712. The Balaban J connectivity index is 1.55. The number of H-pyrrole nitrogens is 1. The van der Waals surface area contributed by atoms with Crippen LogP contribution in [0, 0.1) is 0 Å². The lowest BCUT2D eigenvalue weighted by Crippen LogP contribution is -2.40. The number of aromatic amines is 1. The largest absolute Gasteiger partial charge is 0.497 e. The van der Waals surface area contributed by atoms with Crippen molar-refractivity contribution < 1.29 is 14.6 Å². The van der Waals surface area contributed by atoms with Crippen LogP contribution in [0.2, 0.25) is 0 Å². The van der Waals surface area contributed by atoms with Gasteiger partial charge in [0.05, 0.1) is 25.4 Å². The number of aromatic nitrogens is 1. The fourth-order valence-corrected chi connectivity index (χ4v) is 3.71. The number of fused-ring (bicyclic) bond motifs is 1. The van der Waals surface area contributed by atoms with E-state index in [-0.39, 0.29) is 5.60 Å². The molecule has 0 bridgehead atoms. The Labute approximate surface area is 156 Å². The van der Waals surface area contributed by atoms with Crippen molar-refractivity contribution in [2.24, 2.45) is 0 Å². The number of β-amino-alcohol motifs (C(OH)–C–C–N with tert-alkyl or cyclic N) is 1. The molecule has 2 heterocycles. The van der Waals surface area contributed by atoms with Gasteiger partial charge in [0, 0.05) is 23.6 Å². The van der Waals surface area contributed by atoms with Gasteiger partial charge in [-0.2, -0.15) is 0 Å². The molecule has 144 valence electrons. The highest BCUT2D eigenvalue weighted by atomic mass is 16.5. The van der Waals surface area contributed by atoms with Crippen molar-refractivity contribution >= 4 is 10.9 Å². The molecule has 26 heavy (non-hydrogen) atoms. The van der Waals surface area contributed by atoms with E-state index in [4.69, 9.17) is 9.47 Å². The number of likely N-dealkylation sites (tertiary alicyclic amines) is 1. The first-order chi connectivity index (χ1) is 12.4. The monoisotopic (exact) mass is 360 g/mol. The summed E-state index contributed by atoms with van der Waals surface area (Å²) in [6, 6.07) is 6.20. The Morgan fingerprint density at radius 3 is 2.65 bits per heavy atom. The summed E-state index contributed by atoms with van der Waals surface area (Å²) >= 11 is 0. The molecule has 1 fully saturated rings. The molecule has 3 rings (SSSR count). The van der Waals surface area contributed by atoms with Crippen molar-refractivity contribution in [3.8, 4) is 5.75 Å². The van der Waals surface area contributed by atoms with Crippen molar-refractivity contribution in [3.63, 3.8) is 0 Å². The molecule has 0 unspecified atom stereocenters. The molecule has 1 aromatic carbocycles. The van der Waals surface area contributed by atoms with Crippen LogP contribution in [-0.4, -0.2) is 60.0 Å². The lowest BCUT2D eigenvalue weighted by Gasteiger charge is -2.33. The first kappa shape index (κ1) is 19.2. The van der Waals surface area contributed by atoms with Gasteiger partial charge in [0.2, 0.25) is 0 Å². The number of benzene rings is 1. The molecule has 2 N–H and O–H groups in total. The molecule has 0 amide bonds. The second kappa shape index (κ2) is 7.99. The minimum absolute atomic E-state index is 0.204. The number of aliphatic hydroxyl groups excluding tert-OH is 1. The van der Waals surface area contributed by atoms with E-state index in [1.807, 2.05) is 26.8 Å². The molecule has 2 aromatic rings. The maximum atomic E-state index is 10.2. The van der Waals surface area contributed by atoms with Crippen molar-refractivity contribution in [1.29, 1.82) is 0 Å². The Morgan fingerprint density at radius 2 is 2.00 bits per heavy atom. The van der Waals surface area contributed by atoms with Crippen LogP contribution in [0.3, 0.4) is 0 Å². The van der Waals surface area contributed by atoms with Crippen molar-refractivity contribution in [3.05, 3.63) is 30.0 Å². The number of rotatable bonds is 6. The topological polar surface area (TPSA) is 57.7 Å². The molecule has 0 spiro atoms. The van der Waals surface area contributed by atoms with Crippen LogP contribution in [0.5, 0.6) is 5.75 Å². The van der Waals surface area contributed by atoms with Crippen LogP contribution >= 0.6 is 0 Å². The van der Waals surface area contributed by atoms with Gasteiger partial charge in [-0.25, -0.2) is 0 Å². The maximum Gasteiger partial charge on any atom is 0.119 e. The number of piperidine rings is 1. The van der Waals surface area contributed by atoms with E-state index in [0.29, 0.717) is 19.1 Å². The standard InChI is InChI=1S/C21H32N2O3/c1-21(2,3)26-14-16(24)13-23-9-7-15(8-10-23)19-12-22-20-6-5-17(25-4)11-18(19)20/h5-6,11-12,15-16,22,24H,7-10,13-14H2,1-4H3/t16-/m1/s1. The first-order valence-electron chi connectivity index (χ1n) is 9.55. The highest BCUT2D eigenvalue weighted by Crippen LogP contribution is 2.34. The summed E-state index contributed by atoms with van der Waals surface area (Å²) < 4.78 is 11.1. The van der Waals surface area contributed by atoms with Crippen LogP contribution in [0.4, 0.5) is 0 Å². The third-order valence-corrected chi connectivity index (χ3v) is 5.13. The molecule has 5 heteroatoms. The smallest absolute Gasteiger partial charge is 0.119 e. The molecular formula is C21H32N2O3. The van der Waals surface area contributed by atoms with Gasteiger partial charge in [-0.15, -0.1) is 0 Å². The van der Waals surface area contributed by atoms with Crippen LogP contribution < -0.4 is 4.74 Å². The summed E-state index contributed by atoms with van der Waals surface area (Å²) in [5.41, 5.74) is 2.35. The summed E-state index contributed by atoms with van der Waals surface area (Å²) in [5, 5.41) is 11.5. The minimum atomic E-state index is -0.428. The average Bonchev–Trinajstić information content (AvgIpc) is 3.03. The molecule has 0 radical (unpaired) electrons. The first-order valence-corrected chi connectivity index (χ1v) is 9.55. The van der Waals surface area contributed by atoms with E-state index >= 15 is 0 Å². The zero-order valence-electron chi connectivity index (χ0n) is 16.4. The Kier molecular flexibility index (Phi) is 5.90. The number of methoxy groups -OCH3 is 1. The van der Waals surface area contributed by atoms with Gasteiger partial charge in [-0.3, -0.25) is 0 Å². The van der Waals surface area contributed by atoms with Gasteiger partial charge in [-0.05, 0) is 76.4 Å². The summed E-state index contributed by atoms with van der Waals surface area (Å²) in [4.78, 5) is 5.74. The van der Waals surface area contributed by atoms with E-state index in [0.717, 1.165) is 37.2 Å². The maximum absolute atomic E-state index is 10.2. The third kappa shape index (κ3) is 4.78. The van der Waals surface area contributed by atoms with Gasteiger partial charge in [-0.1, -0.05) is 0 Å². The summed E-state index contributed by atoms with van der Waals surface area (Å²) in [6.07, 6.45) is 3.94. The molecule has 1 aliphatic rings. The van der Waals surface area contributed by atoms with E-state index < -0.39 is 6.10 Å². The zero-order valence-corrected chi connectivity index (χ0v) is 16.4. The van der Waals surface area contributed by atoms with Crippen LogP contribution in [-0.2, 0) is 4.74 Å². The molecule has 1 aromatic heterocycles.